The maximum absolute atomic E-state index is 10.6. The maximum Gasteiger partial charge on any atom is 0.304 e. The Hall–Kier alpha value is -0.610. The second-order valence-electron chi connectivity index (χ2n) is 5.07. The molecule has 17 heavy (non-hydrogen) atoms. The summed E-state index contributed by atoms with van der Waals surface area (Å²) >= 11 is 0. The second-order valence-corrected chi connectivity index (χ2v) is 5.07. The average Bonchev–Trinajstić information content (AvgIpc) is 2.33. The molecule has 0 saturated carbocycles. The van der Waals surface area contributed by atoms with E-state index in [2.05, 4.69) is 23.8 Å². The molecular formula is C13H26N2O2. The fourth-order valence-electron chi connectivity index (χ4n) is 2.43. The molecule has 1 heterocycles. The highest BCUT2D eigenvalue weighted by Crippen LogP contribution is 2.15. The number of piperidine rings is 1. The SMILES string of the molecule is CCCCN1CCCC(N(C)CCC(=O)O)C1. The molecule has 0 aromatic heterocycles. The molecule has 0 aromatic rings. The summed E-state index contributed by atoms with van der Waals surface area (Å²) in [7, 11) is 2.05. The van der Waals surface area contributed by atoms with Gasteiger partial charge in [0.05, 0.1) is 6.42 Å². The van der Waals surface area contributed by atoms with E-state index in [0.29, 0.717) is 12.6 Å². The lowest BCUT2D eigenvalue weighted by Gasteiger charge is -2.37. The van der Waals surface area contributed by atoms with Crippen molar-refractivity contribution in [1.29, 1.82) is 0 Å². The summed E-state index contributed by atoms with van der Waals surface area (Å²) in [6.45, 7) is 6.40. The fourth-order valence-corrected chi connectivity index (χ4v) is 2.43. The van der Waals surface area contributed by atoms with Crippen LogP contribution in [0.5, 0.6) is 0 Å². The number of aliphatic carboxylic acids is 1. The molecule has 0 radical (unpaired) electrons. The summed E-state index contributed by atoms with van der Waals surface area (Å²) in [5.74, 6) is -0.699. The lowest BCUT2D eigenvalue weighted by atomic mass is 10.0. The van der Waals surface area contributed by atoms with E-state index < -0.39 is 5.97 Å². The van der Waals surface area contributed by atoms with E-state index in [-0.39, 0.29) is 6.42 Å². The van der Waals surface area contributed by atoms with Crippen molar-refractivity contribution < 1.29 is 9.90 Å². The molecule has 0 amide bonds. The molecule has 1 aliphatic heterocycles. The molecule has 0 spiro atoms. The monoisotopic (exact) mass is 242 g/mol. The highest BCUT2D eigenvalue weighted by atomic mass is 16.4. The predicted octanol–water partition coefficient (Wildman–Crippen LogP) is 1.66. The van der Waals surface area contributed by atoms with Gasteiger partial charge in [0.1, 0.15) is 0 Å². The number of nitrogens with zero attached hydrogens (tertiary/aromatic N) is 2. The molecule has 1 fully saturated rings. The molecule has 4 nitrogen and oxygen atoms in total. The maximum atomic E-state index is 10.6. The number of carboxylic acid groups (broad SMARTS) is 1. The van der Waals surface area contributed by atoms with Crippen molar-refractivity contribution in [2.75, 3.05) is 33.2 Å². The first-order chi connectivity index (χ1) is 8.13. The van der Waals surface area contributed by atoms with E-state index in [1.54, 1.807) is 0 Å². The van der Waals surface area contributed by atoms with Crippen LogP contribution in [0.15, 0.2) is 0 Å². The Bertz CT molecular complexity index is 233. The van der Waals surface area contributed by atoms with Gasteiger partial charge >= 0.3 is 5.97 Å². The second kappa shape index (κ2) is 7.67. The van der Waals surface area contributed by atoms with E-state index in [0.717, 1.165) is 6.54 Å². The number of unbranched alkanes of at least 4 members (excludes halogenated alkanes) is 1. The molecule has 1 rings (SSSR count). The van der Waals surface area contributed by atoms with Crippen molar-refractivity contribution >= 4 is 5.97 Å². The number of likely N-dealkylation sites (tertiary alicyclic amines) is 1. The molecule has 1 atom stereocenters. The quantitative estimate of drug-likeness (QED) is 0.737. The van der Waals surface area contributed by atoms with Gasteiger partial charge in [-0.15, -0.1) is 0 Å². The van der Waals surface area contributed by atoms with Crippen LogP contribution in [0.2, 0.25) is 0 Å². The van der Waals surface area contributed by atoms with Crippen LogP contribution < -0.4 is 0 Å². The minimum atomic E-state index is -0.699. The van der Waals surface area contributed by atoms with E-state index >= 15 is 0 Å². The first-order valence-corrected chi connectivity index (χ1v) is 6.78. The molecule has 4 heteroatoms. The number of hydrogen-bond donors (Lipinski definition) is 1. The van der Waals surface area contributed by atoms with Gasteiger partial charge < -0.3 is 14.9 Å². The van der Waals surface area contributed by atoms with Crippen molar-refractivity contribution in [2.45, 2.75) is 45.1 Å². The van der Waals surface area contributed by atoms with Crippen LogP contribution >= 0.6 is 0 Å². The molecule has 0 aliphatic carbocycles. The summed E-state index contributed by atoms with van der Waals surface area (Å²) in [5, 5.41) is 8.69. The van der Waals surface area contributed by atoms with Crippen LogP contribution in [0.25, 0.3) is 0 Å². The number of hydrogen-bond acceptors (Lipinski definition) is 3. The highest BCUT2D eigenvalue weighted by molar-refractivity contribution is 5.66. The largest absolute Gasteiger partial charge is 0.481 e. The van der Waals surface area contributed by atoms with Crippen LogP contribution in [0.1, 0.15) is 39.0 Å². The van der Waals surface area contributed by atoms with Crippen LogP contribution in [0, 0.1) is 0 Å². The first kappa shape index (κ1) is 14.5. The Morgan fingerprint density at radius 1 is 1.53 bits per heavy atom. The predicted molar refractivity (Wildman–Crippen MR) is 69.3 cm³/mol. The van der Waals surface area contributed by atoms with Crippen molar-refractivity contribution in [1.82, 2.24) is 9.80 Å². The van der Waals surface area contributed by atoms with Gasteiger partial charge in [-0.1, -0.05) is 13.3 Å². The molecule has 1 saturated heterocycles. The summed E-state index contributed by atoms with van der Waals surface area (Å²) in [5.41, 5.74) is 0. The third-order valence-corrected chi connectivity index (χ3v) is 3.61. The Labute approximate surface area is 105 Å². The van der Waals surface area contributed by atoms with Gasteiger partial charge in [-0.2, -0.15) is 0 Å². The Morgan fingerprint density at radius 2 is 2.29 bits per heavy atom. The van der Waals surface area contributed by atoms with Gasteiger partial charge in [0.2, 0.25) is 0 Å². The molecular weight excluding hydrogens is 216 g/mol. The zero-order chi connectivity index (χ0) is 12.7. The third kappa shape index (κ3) is 5.50. The normalized spacial score (nSPS) is 21.9. The van der Waals surface area contributed by atoms with Crippen LogP contribution in [0.3, 0.4) is 0 Å². The Balaban J connectivity index is 2.29. The van der Waals surface area contributed by atoms with Crippen molar-refractivity contribution in [3.8, 4) is 0 Å². The lowest BCUT2D eigenvalue weighted by molar-refractivity contribution is -0.137. The smallest absolute Gasteiger partial charge is 0.304 e. The molecule has 0 aromatic carbocycles. The molecule has 1 N–H and O–H groups in total. The summed E-state index contributed by atoms with van der Waals surface area (Å²) < 4.78 is 0. The number of carbonyl (C=O) groups is 1. The zero-order valence-corrected chi connectivity index (χ0v) is 11.2. The molecule has 1 aliphatic rings. The molecule has 100 valence electrons. The van der Waals surface area contributed by atoms with Gasteiger partial charge in [-0.05, 0) is 39.4 Å². The minimum Gasteiger partial charge on any atom is -0.481 e. The molecule has 1 unspecified atom stereocenters. The van der Waals surface area contributed by atoms with Gasteiger partial charge in [-0.3, -0.25) is 4.79 Å². The van der Waals surface area contributed by atoms with Gasteiger partial charge in [-0.25, -0.2) is 0 Å². The van der Waals surface area contributed by atoms with E-state index in [1.807, 2.05) is 0 Å². The van der Waals surface area contributed by atoms with E-state index in [1.165, 1.54) is 38.8 Å². The highest BCUT2D eigenvalue weighted by Gasteiger charge is 2.22. The van der Waals surface area contributed by atoms with E-state index in [4.69, 9.17) is 5.11 Å². The number of likely N-dealkylation sites (N-methyl/N-ethyl adjacent to an activating group) is 1. The summed E-state index contributed by atoms with van der Waals surface area (Å²) in [4.78, 5) is 15.3. The standard InChI is InChI=1S/C13H26N2O2/c1-3-4-8-15-9-5-6-12(11-15)14(2)10-7-13(16)17/h12H,3-11H2,1-2H3,(H,16,17). The van der Waals surface area contributed by atoms with Crippen LogP contribution in [-0.4, -0.2) is 60.1 Å². The zero-order valence-electron chi connectivity index (χ0n) is 11.2. The van der Waals surface area contributed by atoms with Gasteiger partial charge in [0, 0.05) is 19.1 Å². The average molecular weight is 242 g/mol. The van der Waals surface area contributed by atoms with Crippen LogP contribution in [-0.2, 0) is 4.79 Å². The topological polar surface area (TPSA) is 43.8 Å². The third-order valence-electron chi connectivity index (χ3n) is 3.61. The van der Waals surface area contributed by atoms with Crippen molar-refractivity contribution in [2.24, 2.45) is 0 Å². The molecule has 0 bridgehead atoms. The number of rotatable bonds is 7. The fraction of sp³-hybridized carbons (Fsp3) is 0.923. The van der Waals surface area contributed by atoms with Crippen LogP contribution in [0.4, 0.5) is 0 Å². The minimum absolute atomic E-state index is 0.252. The van der Waals surface area contributed by atoms with Gasteiger partial charge in [0.25, 0.3) is 0 Å². The van der Waals surface area contributed by atoms with Crippen molar-refractivity contribution in [3.05, 3.63) is 0 Å². The van der Waals surface area contributed by atoms with E-state index in [9.17, 15) is 4.79 Å². The number of carboxylic acids is 1. The Kier molecular flexibility index (Phi) is 6.52. The first-order valence-electron chi connectivity index (χ1n) is 6.78. The Morgan fingerprint density at radius 3 is 2.94 bits per heavy atom. The van der Waals surface area contributed by atoms with Gasteiger partial charge in [0.15, 0.2) is 0 Å². The lowest BCUT2D eigenvalue weighted by Crippen LogP contribution is -2.47. The summed E-state index contributed by atoms with van der Waals surface area (Å²) in [6.07, 6.45) is 5.22. The summed E-state index contributed by atoms with van der Waals surface area (Å²) in [6, 6.07) is 0.542. The van der Waals surface area contributed by atoms with Crippen molar-refractivity contribution in [3.63, 3.8) is 0 Å².